The monoisotopic (exact) mass is 513 g/mol. The Balaban J connectivity index is 1.43. The molecule has 1 aliphatic heterocycles. The molecule has 1 atom stereocenters. The van der Waals surface area contributed by atoms with E-state index in [9.17, 15) is 20.0 Å². The average molecular weight is 514 g/mol. The van der Waals surface area contributed by atoms with Gasteiger partial charge in [-0.3, -0.25) is 9.59 Å². The topological polar surface area (TPSA) is 111 Å². The highest BCUT2D eigenvalue weighted by Gasteiger charge is 2.41. The zero-order chi connectivity index (χ0) is 27.2. The molecule has 0 radical (unpaired) electrons. The standard InChI is InChI=1S/C30H35N5O3/c1-18-25(33-28(37)22-11-19(15-31)12-23(36)13-22)16-32-27-26(18)24(17-34(27)4)21-9-10-35(30(2,3)14-21)29(38)20-7-5-6-8-20/h11-13,16-17,20-21,36H,5-10,14H2,1-4H3,(H,33,37). The summed E-state index contributed by atoms with van der Waals surface area (Å²) in [7, 11) is 1.98. The average Bonchev–Trinajstić information content (AvgIpc) is 3.53. The van der Waals surface area contributed by atoms with E-state index in [0.29, 0.717) is 11.6 Å². The summed E-state index contributed by atoms with van der Waals surface area (Å²) in [5.74, 6) is 0.205. The van der Waals surface area contributed by atoms with Crippen molar-refractivity contribution >= 4 is 28.5 Å². The summed E-state index contributed by atoms with van der Waals surface area (Å²) in [5, 5.41) is 23.0. The van der Waals surface area contributed by atoms with Crippen LogP contribution in [-0.2, 0) is 11.8 Å². The maximum atomic E-state index is 13.3. The van der Waals surface area contributed by atoms with E-state index < -0.39 is 5.91 Å². The zero-order valence-corrected chi connectivity index (χ0v) is 22.5. The number of hydrogen-bond acceptors (Lipinski definition) is 5. The lowest BCUT2D eigenvalue weighted by Gasteiger charge is -2.46. The number of anilines is 1. The smallest absolute Gasteiger partial charge is 0.255 e. The first kappa shape index (κ1) is 25.8. The Morgan fingerprint density at radius 3 is 2.61 bits per heavy atom. The predicted octanol–water partition coefficient (Wildman–Crippen LogP) is 5.39. The third-order valence-electron chi connectivity index (χ3n) is 8.42. The number of carbonyl (C=O) groups is 2. The number of phenols is 1. The molecule has 3 heterocycles. The van der Waals surface area contributed by atoms with Crippen molar-refractivity contribution in [1.82, 2.24) is 14.5 Å². The third-order valence-corrected chi connectivity index (χ3v) is 8.42. The molecule has 198 valence electrons. The summed E-state index contributed by atoms with van der Waals surface area (Å²) in [6, 6.07) is 6.07. The van der Waals surface area contributed by atoms with Crippen LogP contribution in [0.15, 0.2) is 30.6 Å². The number of phenolic OH excluding ortho intramolecular Hbond substituents is 1. The molecule has 3 aromatic rings. The van der Waals surface area contributed by atoms with Gasteiger partial charge in [-0.25, -0.2) is 4.98 Å². The molecule has 2 aromatic heterocycles. The van der Waals surface area contributed by atoms with Crippen LogP contribution in [-0.4, -0.2) is 43.5 Å². The Morgan fingerprint density at radius 1 is 1.18 bits per heavy atom. The molecule has 1 unspecified atom stereocenters. The van der Waals surface area contributed by atoms with Crippen molar-refractivity contribution in [3.8, 4) is 11.8 Å². The Bertz CT molecular complexity index is 1460. The SMILES string of the molecule is Cc1c(NC(=O)c2cc(O)cc(C#N)c2)cnc2c1c(C1CCN(C(=O)C3CCCC3)C(C)(C)C1)cn2C. The number of carbonyl (C=O) groups excluding carboxylic acids is 2. The molecule has 1 aromatic carbocycles. The molecule has 5 rings (SSSR count). The largest absolute Gasteiger partial charge is 0.508 e. The minimum atomic E-state index is -0.418. The number of aromatic hydroxyl groups is 1. The van der Waals surface area contributed by atoms with Gasteiger partial charge in [-0.05, 0) is 81.7 Å². The summed E-state index contributed by atoms with van der Waals surface area (Å²) in [5.41, 5.74) is 3.72. The number of aryl methyl sites for hydroxylation is 2. The van der Waals surface area contributed by atoms with E-state index in [1.807, 2.05) is 24.6 Å². The fourth-order valence-electron chi connectivity index (χ4n) is 6.44. The van der Waals surface area contributed by atoms with Crippen molar-refractivity contribution in [2.24, 2.45) is 13.0 Å². The highest BCUT2D eigenvalue weighted by molar-refractivity contribution is 6.06. The van der Waals surface area contributed by atoms with Crippen LogP contribution in [0.3, 0.4) is 0 Å². The number of nitriles is 1. The van der Waals surface area contributed by atoms with Crippen LogP contribution >= 0.6 is 0 Å². The van der Waals surface area contributed by atoms with Crippen LogP contribution in [0.25, 0.3) is 11.0 Å². The number of rotatable bonds is 4. The van der Waals surface area contributed by atoms with Crippen molar-refractivity contribution in [2.75, 3.05) is 11.9 Å². The van der Waals surface area contributed by atoms with Gasteiger partial charge in [0.15, 0.2) is 0 Å². The molecule has 2 fully saturated rings. The quantitative estimate of drug-likeness (QED) is 0.486. The van der Waals surface area contributed by atoms with E-state index >= 15 is 0 Å². The second-order valence-electron chi connectivity index (χ2n) is 11.5. The lowest BCUT2D eigenvalue weighted by atomic mass is 9.78. The second kappa shape index (κ2) is 9.79. The molecule has 2 aliphatic rings. The number of nitrogens with zero attached hydrogens (tertiary/aromatic N) is 4. The van der Waals surface area contributed by atoms with Gasteiger partial charge in [-0.1, -0.05) is 12.8 Å². The summed E-state index contributed by atoms with van der Waals surface area (Å²) >= 11 is 0. The lowest BCUT2D eigenvalue weighted by Crippen LogP contribution is -2.53. The normalized spacial score (nSPS) is 19.4. The number of aromatic nitrogens is 2. The van der Waals surface area contributed by atoms with Crippen LogP contribution in [0, 0.1) is 24.2 Å². The predicted molar refractivity (Wildman–Crippen MR) is 146 cm³/mol. The number of piperidine rings is 1. The van der Waals surface area contributed by atoms with Gasteiger partial charge in [-0.15, -0.1) is 0 Å². The van der Waals surface area contributed by atoms with E-state index in [0.717, 1.165) is 61.7 Å². The Hall–Kier alpha value is -3.86. The second-order valence-corrected chi connectivity index (χ2v) is 11.5. The first-order chi connectivity index (χ1) is 18.1. The lowest BCUT2D eigenvalue weighted by molar-refractivity contribution is -0.143. The van der Waals surface area contributed by atoms with Gasteiger partial charge in [-0.2, -0.15) is 5.26 Å². The number of pyridine rings is 1. The summed E-state index contributed by atoms with van der Waals surface area (Å²) in [6.07, 6.45) is 9.87. The van der Waals surface area contributed by atoms with Crippen LogP contribution in [0.4, 0.5) is 5.69 Å². The van der Waals surface area contributed by atoms with Crippen LogP contribution in [0.2, 0.25) is 0 Å². The van der Waals surface area contributed by atoms with Gasteiger partial charge >= 0.3 is 0 Å². The molecular weight excluding hydrogens is 478 g/mol. The number of benzene rings is 1. The number of amides is 2. The molecule has 38 heavy (non-hydrogen) atoms. The highest BCUT2D eigenvalue weighted by atomic mass is 16.3. The van der Waals surface area contributed by atoms with Gasteiger partial charge in [0.2, 0.25) is 5.91 Å². The number of nitrogens with one attached hydrogen (secondary N) is 1. The molecule has 2 N–H and O–H groups in total. The van der Waals surface area contributed by atoms with Crippen molar-refractivity contribution < 1.29 is 14.7 Å². The number of fused-ring (bicyclic) bond motifs is 1. The maximum absolute atomic E-state index is 13.3. The van der Waals surface area contributed by atoms with Crippen molar-refractivity contribution in [3.63, 3.8) is 0 Å². The third kappa shape index (κ3) is 4.62. The minimum absolute atomic E-state index is 0.134. The van der Waals surface area contributed by atoms with Crippen molar-refractivity contribution in [3.05, 3.63) is 52.8 Å². The molecule has 1 saturated heterocycles. The minimum Gasteiger partial charge on any atom is -0.508 e. The van der Waals surface area contributed by atoms with E-state index in [2.05, 4.69) is 35.2 Å². The van der Waals surface area contributed by atoms with Gasteiger partial charge in [0.1, 0.15) is 11.4 Å². The molecule has 1 aliphatic carbocycles. The highest BCUT2D eigenvalue weighted by Crippen LogP contribution is 2.43. The Labute approximate surface area is 223 Å². The van der Waals surface area contributed by atoms with Gasteiger partial charge < -0.3 is 19.9 Å². The molecule has 0 spiro atoms. The fourth-order valence-corrected chi connectivity index (χ4v) is 6.44. The van der Waals surface area contributed by atoms with E-state index in [1.54, 1.807) is 6.20 Å². The first-order valence-electron chi connectivity index (χ1n) is 13.4. The van der Waals surface area contributed by atoms with Gasteiger partial charge in [0.05, 0.1) is 23.5 Å². The van der Waals surface area contributed by atoms with Gasteiger partial charge in [0.25, 0.3) is 5.91 Å². The summed E-state index contributed by atoms with van der Waals surface area (Å²) in [4.78, 5) is 33.1. The Kier molecular flexibility index (Phi) is 6.64. The van der Waals surface area contributed by atoms with Crippen LogP contribution in [0.5, 0.6) is 5.75 Å². The molecular formula is C30H35N5O3. The molecule has 8 heteroatoms. The van der Waals surface area contributed by atoms with Crippen molar-refractivity contribution in [2.45, 2.75) is 70.8 Å². The van der Waals surface area contributed by atoms with E-state index in [4.69, 9.17) is 0 Å². The molecule has 0 bridgehead atoms. The molecule has 1 saturated carbocycles. The summed E-state index contributed by atoms with van der Waals surface area (Å²) in [6.45, 7) is 7.08. The number of likely N-dealkylation sites (tertiary alicyclic amines) is 1. The number of hydrogen-bond donors (Lipinski definition) is 2. The van der Waals surface area contributed by atoms with Crippen LogP contribution in [0.1, 0.15) is 85.3 Å². The fraction of sp³-hybridized carbons (Fsp3) is 0.467. The maximum Gasteiger partial charge on any atom is 0.255 e. The van der Waals surface area contributed by atoms with Gasteiger partial charge in [0, 0.05) is 42.2 Å². The molecule has 8 nitrogen and oxygen atoms in total. The summed E-state index contributed by atoms with van der Waals surface area (Å²) < 4.78 is 2.03. The molecule has 2 amide bonds. The van der Waals surface area contributed by atoms with E-state index in [-0.39, 0.29) is 34.3 Å². The Morgan fingerprint density at radius 2 is 1.92 bits per heavy atom. The van der Waals surface area contributed by atoms with Crippen molar-refractivity contribution in [1.29, 1.82) is 5.26 Å². The van der Waals surface area contributed by atoms with Crippen LogP contribution < -0.4 is 5.32 Å². The zero-order valence-electron chi connectivity index (χ0n) is 22.5. The van der Waals surface area contributed by atoms with E-state index in [1.165, 1.54) is 23.8 Å². The first-order valence-corrected chi connectivity index (χ1v) is 13.4.